The van der Waals surface area contributed by atoms with Crippen LogP contribution in [-0.2, 0) is 9.84 Å². The van der Waals surface area contributed by atoms with Crippen LogP contribution >= 0.6 is 11.6 Å². The Morgan fingerprint density at radius 3 is 2.54 bits per heavy atom. The van der Waals surface area contributed by atoms with Crippen molar-refractivity contribution < 1.29 is 8.42 Å². The fourth-order valence-electron chi connectivity index (χ4n) is 0.910. The van der Waals surface area contributed by atoms with Crippen LogP contribution in [0.1, 0.15) is 12.5 Å². The molecule has 0 heterocycles. The summed E-state index contributed by atoms with van der Waals surface area (Å²) in [4.78, 5) is 0.225. The number of hydrogen-bond donors (Lipinski definition) is 0. The van der Waals surface area contributed by atoms with Gasteiger partial charge in [0, 0.05) is 0 Å². The Kier molecular flexibility index (Phi) is 2.98. The minimum atomic E-state index is -3.37. The fraction of sp³-hybridized carbons (Fsp3) is 0.222. The first-order valence-corrected chi connectivity index (χ1v) is 5.73. The molecule has 1 radical (unpaired) electrons. The highest BCUT2D eigenvalue weighted by Crippen LogP contribution is 2.18. The maximum atomic E-state index is 11.5. The van der Waals surface area contributed by atoms with E-state index in [1.807, 2.05) is 0 Å². The van der Waals surface area contributed by atoms with E-state index in [0.29, 0.717) is 5.56 Å². The van der Waals surface area contributed by atoms with Gasteiger partial charge in [-0.15, -0.1) is 11.6 Å². The van der Waals surface area contributed by atoms with Crippen molar-refractivity contribution in [2.24, 2.45) is 0 Å². The van der Waals surface area contributed by atoms with Crippen LogP contribution in [0.4, 0.5) is 0 Å². The van der Waals surface area contributed by atoms with Gasteiger partial charge in [-0.25, -0.2) is 8.42 Å². The minimum absolute atomic E-state index is 0.225. The molecular formula is C9H10ClO2S. The van der Waals surface area contributed by atoms with Crippen LogP contribution in [0.15, 0.2) is 29.2 Å². The van der Waals surface area contributed by atoms with Crippen LogP contribution in [0.3, 0.4) is 0 Å². The van der Waals surface area contributed by atoms with E-state index in [0.717, 1.165) is 0 Å². The summed E-state index contributed by atoms with van der Waals surface area (Å²) in [6.07, 6.45) is 0. The number of rotatable bonds is 2. The topological polar surface area (TPSA) is 34.1 Å². The predicted molar refractivity (Wildman–Crippen MR) is 53.4 cm³/mol. The zero-order valence-corrected chi connectivity index (χ0v) is 8.77. The van der Waals surface area contributed by atoms with Gasteiger partial charge in [0.25, 0.3) is 0 Å². The molecule has 0 spiro atoms. The van der Waals surface area contributed by atoms with E-state index in [9.17, 15) is 8.42 Å². The SMILES string of the molecule is [CH2]c1cccc(S(=O)(=O)C(C)Cl)c1. The Morgan fingerprint density at radius 2 is 2.08 bits per heavy atom. The zero-order valence-electron chi connectivity index (χ0n) is 7.20. The van der Waals surface area contributed by atoms with E-state index >= 15 is 0 Å². The molecule has 2 nitrogen and oxygen atoms in total. The van der Waals surface area contributed by atoms with Crippen LogP contribution in [0.25, 0.3) is 0 Å². The van der Waals surface area contributed by atoms with Crippen molar-refractivity contribution in [2.45, 2.75) is 16.5 Å². The van der Waals surface area contributed by atoms with Crippen molar-refractivity contribution in [3.05, 3.63) is 36.8 Å². The van der Waals surface area contributed by atoms with Crippen molar-refractivity contribution >= 4 is 21.4 Å². The van der Waals surface area contributed by atoms with Crippen molar-refractivity contribution in [3.8, 4) is 0 Å². The summed E-state index contributed by atoms with van der Waals surface area (Å²) >= 11 is 5.55. The second-order valence-corrected chi connectivity index (χ2v) is 5.92. The Hall–Kier alpha value is -0.540. The zero-order chi connectivity index (χ0) is 10.1. The number of sulfone groups is 1. The van der Waals surface area contributed by atoms with Gasteiger partial charge in [0.1, 0.15) is 4.71 Å². The molecule has 71 valence electrons. The molecule has 0 N–H and O–H groups in total. The van der Waals surface area contributed by atoms with Gasteiger partial charge in [-0.3, -0.25) is 0 Å². The van der Waals surface area contributed by atoms with Gasteiger partial charge < -0.3 is 0 Å². The lowest BCUT2D eigenvalue weighted by Gasteiger charge is -2.06. The molecule has 1 atom stereocenters. The standard InChI is InChI=1S/C9H10ClO2S/c1-7-4-3-5-9(6-7)13(11,12)8(2)10/h3-6,8H,1H2,2H3. The van der Waals surface area contributed by atoms with Gasteiger partial charge in [-0.2, -0.15) is 0 Å². The monoisotopic (exact) mass is 217 g/mol. The summed E-state index contributed by atoms with van der Waals surface area (Å²) in [6, 6.07) is 6.41. The molecule has 1 aromatic carbocycles. The summed E-state index contributed by atoms with van der Waals surface area (Å²) in [6.45, 7) is 5.08. The molecule has 0 aliphatic carbocycles. The predicted octanol–water partition coefficient (Wildman–Crippen LogP) is 2.23. The first kappa shape index (κ1) is 10.5. The number of alkyl halides is 1. The highest BCUT2D eigenvalue weighted by Gasteiger charge is 2.20. The molecule has 1 aromatic rings. The van der Waals surface area contributed by atoms with Crippen molar-refractivity contribution in [1.29, 1.82) is 0 Å². The molecule has 0 aliphatic rings. The van der Waals surface area contributed by atoms with Crippen LogP contribution in [0.5, 0.6) is 0 Å². The molecule has 0 bridgehead atoms. The number of benzene rings is 1. The highest BCUT2D eigenvalue weighted by atomic mass is 35.5. The van der Waals surface area contributed by atoms with Crippen LogP contribution in [0, 0.1) is 6.92 Å². The fourth-order valence-corrected chi connectivity index (χ4v) is 2.18. The van der Waals surface area contributed by atoms with Gasteiger partial charge in [-0.1, -0.05) is 12.1 Å². The van der Waals surface area contributed by atoms with Gasteiger partial charge in [-0.05, 0) is 31.5 Å². The van der Waals surface area contributed by atoms with E-state index in [-0.39, 0.29) is 4.90 Å². The van der Waals surface area contributed by atoms with Crippen molar-refractivity contribution in [2.75, 3.05) is 0 Å². The van der Waals surface area contributed by atoms with Crippen molar-refractivity contribution in [3.63, 3.8) is 0 Å². The average molecular weight is 218 g/mol. The van der Waals surface area contributed by atoms with E-state index in [1.54, 1.807) is 12.1 Å². The molecule has 0 aromatic heterocycles. The second-order valence-electron chi connectivity index (χ2n) is 2.74. The molecule has 0 fully saturated rings. The second kappa shape index (κ2) is 3.68. The molecule has 0 saturated heterocycles. The smallest absolute Gasteiger partial charge is 0.194 e. The molecule has 0 saturated carbocycles. The van der Waals surface area contributed by atoms with E-state index < -0.39 is 14.5 Å². The minimum Gasteiger partial charge on any atom is -0.222 e. The van der Waals surface area contributed by atoms with Gasteiger partial charge in [0.2, 0.25) is 0 Å². The third-order valence-corrected chi connectivity index (χ3v) is 4.12. The van der Waals surface area contributed by atoms with Crippen LogP contribution in [0.2, 0.25) is 0 Å². The molecule has 1 unspecified atom stereocenters. The van der Waals surface area contributed by atoms with Crippen LogP contribution in [-0.4, -0.2) is 13.1 Å². The first-order valence-electron chi connectivity index (χ1n) is 3.74. The largest absolute Gasteiger partial charge is 0.222 e. The third kappa shape index (κ3) is 2.23. The van der Waals surface area contributed by atoms with Gasteiger partial charge in [0.05, 0.1) is 4.90 Å². The van der Waals surface area contributed by atoms with Crippen molar-refractivity contribution in [1.82, 2.24) is 0 Å². The lowest BCUT2D eigenvalue weighted by molar-refractivity contribution is 0.594. The summed E-state index contributed by atoms with van der Waals surface area (Å²) in [7, 11) is -3.37. The summed E-state index contributed by atoms with van der Waals surface area (Å²) < 4.78 is 22.1. The lowest BCUT2D eigenvalue weighted by atomic mass is 10.2. The summed E-state index contributed by atoms with van der Waals surface area (Å²) in [5, 5.41) is 0. The average Bonchev–Trinajstić information content (AvgIpc) is 2.04. The molecule has 13 heavy (non-hydrogen) atoms. The van der Waals surface area contributed by atoms with Crippen LogP contribution < -0.4 is 0 Å². The molecule has 1 rings (SSSR count). The van der Waals surface area contributed by atoms with E-state index in [1.165, 1.54) is 19.1 Å². The highest BCUT2D eigenvalue weighted by molar-refractivity contribution is 7.93. The molecule has 0 amide bonds. The first-order chi connectivity index (χ1) is 5.94. The summed E-state index contributed by atoms with van der Waals surface area (Å²) in [5.41, 5.74) is 0.665. The number of halogens is 1. The normalized spacial score (nSPS) is 14.1. The van der Waals surface area contributed by atoms with Gasteiger partial charge in [0.15, 0.2) is 9.84 Å². The number of hydrogen-bond acceptors (Lipinski definition) is 2. The maximum absolute atomic E-state index is 11.5. The third-order valence-electron chi connectivity index (χ3n) is 1.65. The van der Waals surface area contributed by atoms with Gasteiger partial charge >= 0.3 is 0 Å². The Balaban J connectivity index is 3.24. The molecular weight excluding hydrogens is 208 g/mol. The quantitative estimate of drug-likeness (QED) is 0.712. The summed E-state index contributed by atoms with van der Waals surface area (Å²) in [5.74, 6) is 0. The molecule has 0 aliphatic heterocycles. The Labute approximate surface area is 83.5 Å². The Bertz CT molecular complexity index is 396. The van der Waals surface area contributed by atoms with E-state index in [4.69, 9.17) is 11.6 Å². The Morgan fingerprint density at radius 1 is 1.46 bits per heavy atom. The lowest BCUT2D eigenvalue weighted by Crippen LogP contribution is -2.11. The molecule has 4 heteroatoms. The maximum Gasteiger partial charge on any atom is 0.194 e. The van der Waals surface area contributed by atoms with E-state index in [2.05, 4.69) is 6.92 Å².